The molecule has 6 nitrogen and oxygen atoms in total. The van der Waals surface area contributed by atoms with Gasteiger partial charge in [0, 0.05) is 38.3 Å². The molecule has 7 heteroatoms. The van der Waals surface area contributed by atoms with Gasteiger partial charge in [0.2, 0.25) is 0 Å². The predicted molar refractivity (Wildman–Crippen MR) is 121 cm³/mol. The van der Waals surface area contributed by atoms with Gasteiger partial charge in [-0.05, 0) is 31.9 Å². The summed E-state index contributed by atoms with van der Waals surface area (Å²) in [6, 6.07) is 5.89. The van der Waals surface area contributed by atoms with E-state index in [1.54, 1.807) is 14.2 Å². The maximum Gasteiger partial charge on any atom is 0.193 e. The summed E-state index contributed by atoms with van der Waals surface area (Å²) >= 11 is 0. The molecule has 1 heterocycles. The van der Waals surface area contributed by atoms with Crippen LogP contribution in [0.3, 0.4) is 0 Å². The van der Waals surface area contributed by atoms with Crippen LogP contribution in [0.4, 0.5) is 0 Å². The monoisotopic (exact) mass is 489 g/mol. The van der Waals surface area contributed by atoms with Crippen LogP contribution < -0.4 is 14.8 Å². The summed E-state index contributed by atoms with van der Waals surface area (Å²) in [6.07, 6.45) is 4.18. The Labute approximate surface area is 180 Å². The van der Waals surface area contributed by atoms with Gasteiger partial charge in [0.25, 0.3) is 0 Å². The summed E-state index contributed by atoms with van der Waals surface area (Å²) in [5.41, 5.74) is 2.53. The summed E-state index contributed by atoms with van der Waals surface area (Å²) in [7, 11) is 5.38. The standard InChI is InChI=1S/C20H31N3O3.HI/c1-5-21-20(22-11-8-16-9-12-26-13-10-16)23(2)15-17-6-7-18(24-3)14-19(17)25-4;/h6-7,9,14H,5,8,10-13,15H2,1-4H3,(H,21,22);1H. The van der Waals surface area contributed by atoms with E-state index in [2.05, 4.69) is 23.2 Å². The van der Waals surface area contributed by atoms with Gasteiger partial charge in [-0.25, -0.2) is 0 Å². The van der Waals surface area contributed by atoms with E-state index in [-0.39, 0.29) is 24.0 Å². The van der Waals surface area contributed by atoms with Gasteiger partial charge in [-0.2, -0.15) is 0 Å². The molecule has 0 atom stereocenters. The Hall–Kier alpha value is -1.48. The number of halogens is 1. The molecule has 0 spiro atoms. The lowest BCUT2D eigenvalue weighted by Gasteiger charge is -2.23. The molecule has 1 aromatic rings. The van der Waals surface area contributed by atoms with Crippen molar-refractivity contribution < 1.29 is 14.2 Å². The van der Waals surface area contributed by atoms with Crippen LogP contribution in [-0.4, -0.2) is 58.4 Å². The summed E-state index contributed by atoms with van der Waals surface area (Å²) < 4.78 is 16.1. The Kier molecular flexibility index (Phi) is 11.2. The quantitative estimate of drug-likeness (QED) is 0.263. The van der Waals surface area contributed by atoms with Gasteiger partial charge in [-0.15, -0.1) is 24.0 Å². The van der Waals surface area contributed by atoms with Crippen molar-refractivity contribution in [2.45, 2.75) is 26.3 Å². The molecule has 0 radical (unpaired) electrons. The van der Waals surface area contributed by atoms with E-state index in [0.717, 1.165) is 62.2 Å². The number of nitrogens with zero attached hydrogens (tertiary/aromatic N) is 2. The first-order valence-electron chi connectivity index (χ1n) is 9.14. The first-order valence-corrected chi connectivity index (χ1v) is 9.14. The molecule has 0 amide bonds. The molecule has 0 saturated heterocycles. The Balaban J connectivity index is 0.00000364. The van der Waals surface area contributed by atoms with Gasteiger partial charge < -0.3 is 24.4 Å². The minimum atomic E-state index is 0. The maximum atomic E-state index is 5.50. The second kappa shape index (κ2) is 12.8. The van der Waals surface area contributed by atoms with E-state index >= 15 is 0 Å². The van der Waals surface area contributed by atoms with Crippen molar-refractivity contribution in [3.8, 4) is 11.5 Å². The fourth-order valence-electron chi connectivity index (χ4n) is 2.88. The number of methoxy groups -OCH3 is 2. The van der Waals surface area contributed by atoms with Crippen LogP contribution in [0.1, 0.15) is 25.3 Å². The minimum absolute atomic E-state index is 0. The number of aliphatic imine (C=N–C) groups is 1. The molecule has 152 valence electrons. The van der Waals surface area contributed by atoms with Crippen LogP contribution in [0.25, 0.3) is 0 Å². The van der Waals surface area contributed by atoms with E-state index in [4.69, 9.17) is 19.2 Å². The number of rotatable bonds is 8. The second-order valence-corrected chi connectivity index (χ2v) is 6.21. The van der Waals surface area contributed by atoms with Gasteiger partial charge >= 0.3 is 0 Å². The van der Waals surface area contributed by atoms with Gasteiger partial charge in [-0.1, -0.05) is 11.6 Å². The SMILES string of the molecule is CCNC(=NCCC1=CCOCC1)N(C)Cc1ccc(OC)cc1OC.I. The molecule has 0 fully saturated rings. The zero-order valence-corrected chi connectivity index (χ0v) is 19.1. The van der Waals surface area contributed by atoms with Crippen LogP contribution in [0.15, 0.2) is 34.8 Å². The zero-order valence-electron chi connectivity index (χ0n) is 16.8. The third-order valence-corrected chi connectivity index (χ3v) is 4.35. The largest absolute Gasteiger partial charge is 0.497 e. The average Bonchev–Trinajstić information content (AvgIpc) is 2.68. The lowest BCUT2D eigenvalue weighted by Crippen LogP contribution is -2.38. The van der Waals surface area contributed by atoms with E-state index < -0.39 is 0 Å². The Morgan fingerprint density at radius 2 is 2.11 bits per heavy atom. The fourth-order valence-corrected chi connectivity index (χ4v) is 2.88. The van der Waals surface area contributed by atoms with Crippen LogP contribution in [0.5, 0.6) is 11.5 Å². The summed E-state index contributed by atoms with van der Waals surface area (Å²) in [5, 5.41) is 3.37. The first kappa shape index (κ1) is 23.6. The second-order valence-electron chi connectivity index (χ2n) is 6.21. The topological polar surface area (TPSA) is 55.3 Å². The van der Waals surface area contributed by atoms with Crippen LogP contribution >= 0.6 is 24.0 Å². The molecule has 0 bridgehead atoms. The highest BCUT2D eigenvalue weighted by Gasteiger charge is 2.11. The number of nitrogens with one attached hydrogen (secondary N) is 1. The molecule has 1 aliphatic rings. The molecule has 0 saturated carbocycles. The van der Waals surface area contributed by atoms with Crippen molar-refractivity contribution in [1.82, 2.24) is 10.2 Å². The van der Waals surface area contributed by atoms with Crippen molar-refractivity contribution in [3.05, 3.63) is 35.4 Å². The third-order valence-electron chi connectivity index (χ3n) is 4.35. The Morgan fingerprint density at radius 1 is 1.30 bits per heavy atom. The van der Waals surface area contributed by atoms with Gasteiger partial charge in [0.05, 0.1) is 27.4 Å². The number of hydrogen-bond donors (Lipinski definition) is 1. The van der Waals surface area contributed by atoms with Crippen LogP contribution in [0, 0.1) is 0 Å². The summed E-state index contributed by atoms with van der Waals surface area (Å²) in [4.78, 5) is 6.89. The van der Waals surface area contributed by atoms with Gasteiger partial charge in [0.15, 0.2) is 5.96 Å². The first-order chi connectivity index (χ1) is 12.7. The average molecular weight is 489 g/mol. The van der Waals surface area contributed by atoms with Crippen molar-refractivity contribution in [3.63, 3.8) is 0 Å². The zero-order chi connectivity index (χ0) is 18.8. The van der Waals surface area contributed by atoms with Gasteiger partial charge in [-0.3, -0.25) is 4.99 Å². The van der Waals surface area contributed by atoms with Crippen molar-refractivity contribution in [2.24, 2.45) is 4.99 Å². The number of ether oxygens (including phenoxy) is 3. The summed E-state index contributed by atoms with van der Waals surface area (Å²) in [6.45, 7) is 5.95. The lowest BCUT2D eigenvalue weighted by molar-refractivity contribution is 0.153. The molecule has 2 rings (SSSR count). The lowest BCUT2D eigenvalue weighted by atomic mass is 10.1. The van der Waals surface area contributed by atoms with Crippen LogP contribution in [-0.2, 0) is 11.3 Å². The molecule has 1 N–H and O–H groups in total. The number of hydrogen-bond acceptors (Lipinski definition) is 4. The molecular weight excluding hydrogens is 457 g/mol. The van der Waals surface area contributed by atoms with Crippen molar-refractivity contribution in [2.75, 3.05) is 47.6 Å². The molecule has 0 unspecified atom stereocenters. The number of guanidine groups is 1. The highest BCUT2D eigenvalue weighted by Crippen LogP contribution is 2.25. The van der Waals surface area contributed by atoms with Crippen LogP contribution in [0.2, 0.25) is 0 Å². The molecule has 0 aliphatic carbocycles. The summed E-state index contributed by atoms with van der Waals surface area (Å²) in [5.74, 6) is 2.51. The predicted octanol–water partition coefficient (Wildman–Crippen LogP) is 3.46. The van der Waals surface area contributed by atoms with E-state index in [9.17, 15) is 0 Å². The van der Waals surface area contributed by atoms with Crippen molar-refractivity contribution >= 4 is 29.9 Å². The molecule has 0 aromatic heterocycles. The highest BCUT2D eigenvalue weighted by atomic mass is 127. The van der Waals surface area contributed by atoms with Gasteiger partial charge in [0.1, 0.15) is 11.5 Å². The molecule has 27 heavy (non-hydrogen) atoms. The third kappa shape index (κ3) is 7.57. The maximum absolute atomic E-state index is 5.50. The van der Waals surface area contributed by atoms with Crippen molar-refractivity contribution in [1.29, 1.82) is 0 Å². The number of benzene rings is 1. The molecular formula is C20H32IN3O3. The smallest absolute Gasteiger partial charge is 0.193 e. The Morgan fingerprint density at radius 3 is 2.74 bits per heavy atom. The Bertz CT molecular complexity index is 635. The van der Waals surface area contributed by atoms with E-state index in [0.29, 0.717) is 6.54 Å². The van der Waals surface area contributed by atoms with E-state index in [1.165, 1.54) is 5.57 Å². The molecule has 1 aliphatic heterocycles. The normalized spacial score (nSPS) is 14.1. The van der Waals surface area contributed by atoms with E-state index in [1.807, 2.05) is 25.2 Å². The molecule has 1 aromatic carbocycles. The minimum Gasteiger partial charge on any atom is -0.497 e. The highest BCUT2D eigenvalue weighted by molar-refractivity contribution is 14.0. The fraction of sp³-hybridized carbons (Fsp3) is 0.550.